The van der Waals surface area contributed by atoms with E-state index in [1.807, 2.05) is 12.1 Å². The number of likely N-dealkylation sites (tertiary alicyclic amines) is 2. The van der Waals surface area contributed by atoms with Gasteiger partial charge >= 0.3 is 0 Å². The number of nitrogens with zero attached hydrogens (tertiary/aromatic N) is 2. The molecule has 4 heteroatoms. The molecule has 0 saturated carbocycles. The number of piperidine rings is 2. The van der Waals surface area contributed by atoms with Crippen molar-refractivity contribution in [3.05, 3.63) is 54.1 Å². The second-order valence-electron chi connectivity index (χ2n) is 9.26. The maximum Gasteiger partial charge on any atom is 0.224 e. The number of hydrogen-bond acceptors (Lipinski definition) is 3. The Labute approximate surface area is 187 Å². The highest BCUT2D eigenvalue weighted by molar-refractivity contribution is 5.91. The van der Waals surface area contributed by atoms with Gasteiger partial charge in [0.25, 0.3) is 0 Å². The van der Waals surface area contributed by atoms with Gasteiger partial charge in [-0.2, -0.15) is 0 Å². The van der Waals surface area contributed by atoms with Gasteiger partial charge in [0, 0.05) is 18.2 Å². The van der Waals surface area contributed by atoms with E-state index in [9.17, 15) is 4.79 Å². The van der Waals surface area contributed by atoms with Crippen molar-refractivity contribution in [1.29, 1.82) is 0 Å². The highest BCUT2D eigenvalue weighted by atomic mass is 16.1. The van der Waals surface area contributed by atoms with Crippen molar-refractivity contribution < 1.29 is 4.79 Å². The molecule has 0 aromatic heterocycles. The summed E-state index contributed by atoms with van der Waals surface area (Å²) in [6, 6.07) is 17.5. The summed E-state index contributed by atoms with van der Waals surface area (Å²) in [5.74, 6) is 0.117. The summed E-state index contributed by atoms with van der Waals surface area (Å²) in [7, 11) is 0. The number of rotatable bonds is 7. The van der Waals surface area contributed by atoms with Gasteiger partial charge in [0.15, 0.2) is 0 Å². The monoisotopic (exact) mass is 419 g/mol. The average Bonchev–Trinajstić information content (AvgIpc) is 2.81. The third-order valence-electron chi connectivity index (χ3n) is 6.90. The largest absolute Gasteiger partial charge is 0.326 e. The molecule has 31 heavy (non-hydrogen) atoms. The van der Waals surface area contributed by atoms with E-state index < -0.39 is 0 Å². The highest BCUT2D eigenvalue weighted by Gasteiger charge is 2.25. The van der Waals surface area contributed by atoms with E-state index in [-0.39, 0.29) is 5.91 Å². The van der Waals surface area contributed by atoms with Crippen LogP contribution in [0.3, 0.4) is 0 Å². The molecule has 0 radical (unpaired) electrons. The van der Waals surface area contributed by atoms with E-state index in [0.29, 0.717) is 6.42 Å². The lowest BCUT2D eigenvalue weighted by Crippen LogP contribution is -2.46. The minimum Gasteiger partial charge on any atom is -0.326 e. The lowest BCUT2D eigenvalue weighted by Gasteiger charge is -2.40. The molecule has 1 N–H and O–H groups in total. The molecule has 2 aromatic carbocycles. The molecular formula is C27H37N3O. The number of hydrogen-bond donors (Lipinski definition) is 1. The summed E-state index contributed by atoms with van der Waals surface area (Å²) in [5.41, 5.74) is 4.51. The third kappa shape index (κ3) is 6.41. The molecule has 4 rings (SSSR count). The second-order valence-corrected chi connectivity index (χ2v) is 9.26. The standard InChI is InChI=1S/C27H37N3O/c1-22-7-9-23(10-8-22)24-11-13-25(14-12-24)28-27(31)6-5-17-29-20-15-26(16-21-29)30-18-3-2-4-19-30/h7-14,26H,2-6,15-21H2,1H3,(H,28,31). The van der Waals surface area contributed by atoms with E-state index in [4.69, 9.17) is 0 Å². The molecule has 2 aliphatic heterocycles. The maximum atomic E-state index is 12.4. The summed E-state index contributed by atoms with van der Waals surface area (Å²) in [6.45, 7) is 8.10. The highest BCUT2D eigenvalue weighted by Crippen LogP contribution is 2.23. The molecule has 2 aromatic rings. The fraction of sp³-hybridized carbons (Fsp3) is 0.519. The Morgan fingerprint density at radius 3 is 2.13 bits per heavy atom. The SMILES string of the molecule is Cc1ccc(-c2ccc(NC(=O)CCCN3CCC(N4CCCCC4)CC3)cc2)cc1. The summed E-state index contributed by atoms with van der Waals surface area (Å²) >= 11 is 0. The zero-order valence-corrected chi connectivity index (χ0v) is 19.0. The molecule has 1 amide bonds. The van der Waals surface area contributed by atoms with E-state index in [1.54, 1.807) is 0 Å². The molecule has 2 fully saturated rings. The van der Waals surface area contributed by atoms with Gasteiger partial charge in [0.1, 0.15) is 0 Å². The van der Waals surface area contributed by atoms with E-state index >= 15 is 0 Å². The minimum absolute atomic E-state index is 0.117. The van der Waals surface area contributed by atoms with Gasteiger partial charge in [-0.1, -0.05) is 48.4 Å². The molecular weight excluding hydrogens is 382 g/mol. The number of benzene rings is 2. The number of nitrogens with one attached hydrogen (secondary N) is 1. The molecule has 166 valence electrons. The Kier molecular flexibility index (Phi) is 7.76. The average molecular weight is 420 g/mol. The molecule has 4 nitrogen and oxygen atoms in total. The maximum absolute atomic E-state index is 12.4. The Balaban J connectivity index is 1.15. The van der Waals surface area contributed by atoms with Crippen LogP contribution in [0.15, 0.2) is 48.5 Å². The van der Waals surface area contributed by atoms with Crippen molar-refractivity contribution in [3.8, 4) is 11.1 Å². The molecule has 0 unspecified atom stereocenters. The fourth-order valence-electron chi connectivity index (χ4n) is 4.97. The summed E-state index contributed by atoms with van der Waals surface area (Å²) in [4.78, 5) is 17.6. The van der Waals surface area contributed by atoms with Crippen molar-refractivity contribution in [2.75, 3.05) is 38.0 Å². The smallest absolute Gasteiger partial charge is 0.224 e. The molecule has 0 atom stereocenters. The van der Waals surface area contributed by atoms with Crippen LogP contribution in [0.4, 0.5) is 5.69 Å². The van der Waals surface area contributed by atoms with Crippen LogP contribution in [-0.4, -0.2) is 54.5 Å². The number of carbonyl (C=O) groups excluding carboxylic acids is 1. The van der Waals surface area contributed by atoms with Gasteiger partial charge in [-0.25, -0.2) is 0 Å². The van der Waals surface area contributed by atoms with Crippen molar-refractivity contribution in [2.24, 2.45) is 0 Å². The van der Waals surface area contributed by atoms with Gasteiger partial charge in [0.05, 0.1) is 0 Å². The Morgan fingerprint density at radius 2 is 1.48 bits per heavy atom. The molecule has 2 aliphatic rings. The number of anilines is 1. The van der Waals surface area contributed by atoms with Gasteiger partial charge in [0.2, 0.25) is 5.91 Å². The molecule has 2 saturated heterocycles. The predicted octanol–water partition coefficient (Wildman–Crippen LogP) is 5.33. The van der Waals surface area contributed by atoms with Gasteiger partial charge in [-0.15, -0.1) is 0 Å². The minimum atomic E-state index is 0.117. The number of amides is 1. The first-order chi connectivity index (χ1) is 15.2. The van der Waals surface area contributed by atoms with Crippen molar-refractivity contribution >= 4 is 11.6 Å². The van der Waals surface area contributed by atoms with Crippen LogP contribution in [-0.2, 0) is 4.79 Å². The Bertz CT molecular complexity index is 817. The Hall–Kier alpha value is -2.17. The van der Waals surface area contributed by atoms with Crippen molar-refractivity contribution in [2.45, 2.75) is 57.9 Å². The third-order valence-corrected chi connectivity index (χ3v) is 6.90. The Morgan fingerprint density at radius 1 is 0.871 bits per heavy atom. The first-order valence-electron chi connectivity index (χ1n) is 12.1. The van der Waals surface area contributed by atoms with E-state index in [1.165, 1.54) is 75.0 Å². The van der Waals surface area contributed by atoms with Gasteiger partial charge in [-0.3, -0.25) is 4.79 Å². The summed E-state index contributed by atoms with van der Waals surface area (Å²) in [6.07, 6.45) is 8.27. The quantitative estimate of drug-likeness (QED) is 0.659. The lowest BCUT2D eigenvalue weighted by molar-refractivity contribution is -0.116. The van der Waals surface area contributed by atoms with E-state index in [2.05, 4.69) is 58.4 Å². The summed E-state index contributed by atoms with van der Waals surface area (Å²) < 4.78 is 0. The number of carbonyl (C=O) groups is 1. The first-order valence-corrected chi connectivity index (χ1v) is 12.1. The van der Waals surface area contributed by atoms with E-state index in [0.717, 1.165) is 24.7 Å². The summed E-state index contributed by atoms with van der Waals surface area (Å²) in [5, 5.41) is 3.05. The first kappa shape index (κ1) is 22.0. The van der Waals surface area contributed by atoms with Crippen LogP contribution in [0, 0.1) is 6.92 Å². The van der Waals surface area contributed by atoms with Gasteiger partial charge in [-0.05, 0) is 95.0 Å². The molecule has 2 heterocycles. The molecule has 0 aliphatic carbocycles. The normalized spacial score (nSPS) is 18.7. The second kappa shape index (κ2) is 10.9. The van der Waals surface area contributed by atoms with Crippen LogP contribution in [0.2, 0.25) is 0 Å². The zero-order chi connectivity index (χ0) is 21.5. The fourth-order valence-corrected chi connectivity index (χ4v) is 4.97. The number of aryl methyl sites for hydroxylation is 1. The van der Waals surface area contributed by atoms with Crippen LogP contribution in [0.25, 0.3) is 11.1 Å². The zero-order valence-electron chi connectivity index (χ0n) is 19.0. The predicted molar refractivity (Wildman–Crippen MR) is 129 cm³/mol. The molecule has 0 spiro atoms. The van der Waals surface area contributed by atoms with Crippen LogP contribution in [0.5, 0.6) is 0 Å². The van der Waals surface area contributed by atoms with Crippen LogP contribution >= 0.6 is 0 Å². The van der Waals surface area contributed by atoms with Crippen LogP contribution < -0.4 is 5.32 Å². The van der Waals surface area contributed by atoms with Crippen LogP contribution in [0.1, 0.15) is 50.5 Å². The van der Waals surface area contributed by atoms with Crippen molar-refractivity contribution in [3.63, 3.8) is 0 Å². The lowest BCUT2D eigenvalue weighted by atomic mass is 10.00. The van der Waals surface area contributed by atoms with Gasteiger partial charge < -0.3 is 15.1 Å². The molecule has 0 bridgehead atoms. The topological polar surface area (TPSA) is 35.6 Å². The van der Waals surface area contributed by atoms with Crippen molar-refractivity contribution in [1.82, 2.24) is 9.80 Å².